The molecule has 1 fully saturated rings. The second kappa shape index (κ2) is 10.1. The van der Waals surface area contributed by atoms with Crippen LogP contribution in [0.3, 0.4) is 0 Å². The number of esters is 1. The van der Waals surface area contributed by atoms with E-state index in [2.05, 4.69) is 33.9 Å². The molecule has 2 aromatic rings. The zero-order chi connectivity index (χ0) is 24.5. The zero-order valence-electron chi connectivity index (χ0n) is 21.2. The smallest absolute Gasteiger partial charge is 0.340 e. The maximum atomic E-state index is 13.9. The van der Waals surface area contributed by atoms with E-state index in [9.17, 15) is 9.18 Å². The first-order valence-electron chi connectivity index (χ1n) is 11.9. The lowest BCUT2D eigenvalue weighted by Gasteiger charge is -2.36. The molecule has 1 heterocycles. The molecule has 1 unspecified atom stereocenters. The fourth-order valence-electron chi connectivity index (χ4n) is 4.22. The van der Waals surface area contributed by atoms with Gasteiger partial charge >= 0.3 is 5.97 Å². The number of halogens is 1. The fraction of sp³-hybridized carbons (Fsp3) is 0.556. The van der Waals surface area contributed by atoms with E-state index in [1.807, 2.05) is 13.8 Å². The molecule has 0 aliphatic heterocycles. The van der Waals surface area contributed by atoms with Crippen molar-refractivity contribution in [2.24, 2.45) is 5.41 Å². The number of pyridine rings is 1. The summed E-state index contributed by atoms with van der Waals surface area (Å²) in [5, 5.41) is 0. The third-order valence-electron chi connectivity index (χ3n) is 5.82. The topological polar surface area (TPSA) is 48.4 Å². The highest BCUT2D eigenvalue weighted by Crippen LogP contribution is 2.51. The van der Waals surface area contributed by atoms with Crippen LogP contribution in [-0.2, 0) is 9.16 Å². The summed E-state index contributed by atoms with van der Waals surface area (Å²) in [6.07, 6.45) is 1.90. The Morgan fingerprint density at radius 2 is 1.79 bits per heavy atom. The fourth-order valence-corrected chi connectivity index (χ4v) is 5.16. The highest BCUT2D eigenvalue weighted by atomic mass is 28.3. The molecule has 6 heteroatoms. The highest BCUT2D eigenvalue weighted by Gasteiger charge is 2.40. The summed E-state index contributed by atoms with van der Waals surface area (Å²) in [6.45, 7) is 16.9. The van der Waals surface area contributed by atoms with E-state index in [0.29, 0.717) is 11.5 Å². The molecule has 0 amide bonds. The summed E-state index contributed by atoms with van der Waals surface area (Å²) in [7, 11) is -1.06. The molecule has 1 atom stereocenters. The minimum atomic E-state index is -1.06. The van der Waals surface area contributed by atoms with Crippen LogP contribution < -0.4 is 0 Å². The van der Waals surface area contributed by atoms with Crippen molar-refractivity contribution in [1.29, 1.82) is 0 Å². The van der Waals surface area contributed by atoms with E-state index in [4.69, 9.17) is 14.1 Å². The van der Waals surface area contributed by atoms with Gasteiger partial charge in [-0.25, -0.2) is 9.18 Å². The molecular weight excluding hydrogens is 433 g/mol. The van der Waals surface area contributed by atoms with Crippen LogP contribution in [0.4, 0.5) is 4.39 Å². The molecule has 179 valence electrons. The van der Waals surface area contributed by atoms with Crippen molar-refractivity contribution in [3.8, 4) is 11.1 Å². The average molecular weight is 471 g/mol. The molecule has 1 aromatic carbocycles. The molecule has 1 aliphatic rings. The van der Waals surface area contributed by atoms with Gasteiger partial charge in [-0.05, 0) is 61.9 Å². The van der Waals surface area contributed by atoms with Gasteiger partial charge in [-0.15, -0.1) is 0 Å². The van der Waals surface area contributed by atoms with Crippen LogP contribution in [0.5, 0.6) is 0 Å². The van der Waals surface area contributed by atoms with Crippen molar-refractivity contribution >= 4 is 15.0 Å². The molecule has 0 bridgehead atoms. The van der Waals surface area contributed by atoms with Crippen molar-refractivity contribution in [3.63, 3.8) is 0 Å². The molecular formula is C27H37FNO3Si. The maximum Gasteiger partial charge on any atom is 0.340 e. The van der Waals surface area contributed by atoms with Gasteiger partial charge in [0, 0.05) is 17.0 Å². The van der Waals surface area contributed by atoms with Crippen LogP contribution >= 0.6 is 0 Å². The lowest BCUT2D eigenvalue weighted by Crippen LogP contribution is -2.29. The summed E-state index contributed by atoms with van der Waals surface area (Å²) < 4.78 is 26.1. The number of nitrogens with zero attached hydrogens (tertiary/aromatic N) is 1. The van der Waals surface area contributed by atoms with Crippen molar-refractivity contribution in [1.82, 2.24) is 4.98 Å². The molecule has 4 nitrogen and oxygen atoms in total. The monoisotopic (exact) mass is 470 g/mol. The molecule has 3 rings (SSSR count). The van der Waals surface area contributed by atoms with Crippen LogP contribution in [0.1, 0.15) is 99.6 Å². The van der Waals surface area contributed by atoms with Gasteiger partial charge in [0.25, 0.3) is 0 Å². The van der Waals surface area contributed by atoms with Crippen LogP contribution in [0.15, 0.2) is 24.3 Å². The van der Waals surface area contributed by atoms with Crippen LogP contribution in [0, 0.1) is 11.2 Å². The first-order valence-corrected chi connectivity index (χ1v) is 14.3. The number of rotatable bonds is 8. The predicted molar refractivity (Wildman–Crippen MR) is 132 cm³/mol. The lowest BCUT2D eigenvalue weighted by molar-refractivity contribution is 0.0523. The van der Waals surface area contributed by atoms with Gasteiger partial charge in [0.15, 0.2) is 0 Å². The highest BCUT2D eigenvalue weighted by molar-refractivity contribution is 6.48. The number of benzene rings is 1. The maximum absolute atomic E-state index is 13.9. The van der Waals surface area contributed by atoms with E-state index < -0.39 is 9.04 Å². The third kappa shape index (κ3) is 5.72. The van der Waals surface area contributed by atoms with Crippen molar-refractivity contribution in [2.75, 3.05) is 6.61 Å². The SMILES string of the molecule is CCOC(=O)c1c(C(C)C)nc(C2CC2)c(C(O[Si](C)C)C(C)(C)C)c1-c1ccc(F)cc1. The van der Waals surface area contributed by atoms with Gasteiger partial charge in [-0.3, -0.25) is 4.98 Å². The Bertz CT molecular complexity index is 992. The normalized spacial score (nSPS) is 15.2. The number of hydrogen-bond acceptors (Lipinski definition) is 4. The summed E-state index contributed by atoms with van der Waals surface area (Å²) >= 11 is 0. The lowest BCUT2D eigenvalue weighted by atomic mass is 9.78. The van der Waals surface area contributed by atoms with Gasteiger partial charge in [-0.1, -0.05) is 46.8 Å². The molecule has 1 aliphatic carbocycles. The quantitative estimate of drug-likeness (QED) is 0.297. The van der Waals surface area contributed by atoms with Crippen LogP contribution in [0.25, 0.3) is 11.1 Å². The van der Waals surface area contributed by atoms with Gasteiger partial charge in [0.2, 0.25) is 9.04 Å². The summed E-state index contributed by atoms with van der Waals surface area (Å²) in [5.41, 5.74) is 4.57. The van der Waals surface area contributed by atoms with Gasteiger partial charge in [-0.2, -0.15) is 0 Å². The number of aromatic nitrogens is 1. The number of ether oxygens (including phenoxy) is 1. The van der Waals surface area contributed by atoms with Crippen molar-refractivity contribution < 1.29 is 18.3 Å². The zero-order valence-corrected chi connectivity index (χ0v) is 22.2. The largest absolute Gasteiger partial charge is 0.462 e. The van der Waals surface area contributed by atoms with Gasteiger partial charge in [0.05, 0.1) is 29.7 Å². The van der Waals surface area contributed by atoms with E-state index in [-0.39, 0.29) is 35.8 Å². The molecule has 0 saturated heterocycles. The van der Waals surface area contributed by atoms with E-state index in [1.54, 1.807) is 19.1 Å². The Kier molecular flexibility index (Phi) is 7.79. The van der Waals surface area contributed by atoms with Gasteiger partial charge in [0.1, 0.15) is 5.82 Å². The van der Waals surface area contributed by atoms with E-state index in [0.717, 1.165) is 40.9 Å². The average Bonchev–Trinajstić information content (AvgIpc) is 3.55. The minimum absolute atomic E-state index is 0.0288. The second-order valence-electron chi connectivity index (χ2n) is 10.5. The number of hydrogen-bond donors (Lipinski definition) is 0. The second-order valence-corrected chi connectivity index (χ2v) is 12.5. The summed E-state index contributed by atoms with van der Waals surface area (Å²) in [4.78, 5) is 18.5. The predicted octanol–water partition coefficient (Wildman–Crippen LogP) is 7.42. The van der Waals surface area contributed by atoms with Gasteiger partial charge < -0.3 is 9.16 Å². The van der Waals surface area contributed by atoms with E-state index >= 15 is 0 Å². The standard InChI is InChI=1S/C27H37FNO3Si/c1-9-31-26(30)22-20(17-12-14-19(28)15-13-17)21(25(27(4,5)6)32-33(7)8)24(18-10-11-18)29-23(22)16(2)3/h12-16,18,25H,9-11H2,1-8H3. The first-order chi connectivity index (χ1) is 15.5. The first kappa shape index (κ1) is 25.6. The Morgan fingerprint density at radius 3 is 2.24 bits per heavy atom. The van der Waals surface area contributed by atoms with Crippen molar-refractivity contribution in [2.45, 2.75) is 85.4 Å². The molecule has 1 saturated carbocycles. The Labute approximate surface area is 199 Å². The molecule has 1 radical (unpaired) electrons. The minimum Gasteiger partial charge on any atom is -0.462 e. The Morgan fingerprint density at radius 1 is 1.18 bits per heavy atom. The molecule has 0 spiro atoms. The molecule has 33 heavy (non-hydrogen) atoms. The van der Waals surface area contributed by atoms with E-state index in [1.165, 1.54) is 12.1 Å². The van der Waals surface area contributed by atoms with Crippen LogP contribution in [0.2, 0.25) is 13.1 Å². The number of carbonyl (C=O) groups excluding carboxylic acids is 1. The Balaban J connectivity index is 2.48. The van der Waals surface area contributed by atoms with Crippen LogP contribution in [-0.4, -0.2) is 26.6 Å². The number of carbonyl (C=O) groups is 1. The summed E-state index contributed by atoms with van der Waals surface area (Å²) in [6, 6.07) is 6.40. The molecule has 0 N–H and O–H groups in total. The summed E-state index contributed by atoms with van der Waals surface area (Å²) in [5.74, 6) is -0.315. The molecule has 1 aromatic heterocycles. The third-order valence-corrected chi connectivity index (χ3v) is 6.53. The Hall–Kier alpha value is -2.05. The van der Waals surface area contributed by atoms with Crippen molar-refractivity contribution in [3.05, 3.63) is 52.6 Å².